The SMILES string of the molecule is CC[C@H](C(=O)O)N(Cc1ccc(OC)cc1OC)c1nc(Cl)ncc1[N+](=O)[O-]. The molecule has 11 heteroatoms. The summed E-state index contributed by atoms with van der Waals surface area (Å²) in [6.07, 6.45) is 1.13. The van der Waals surface area contributed by atoms with Gasteiger partial charge in [-0.05, 0) is 30.2 Å². The quantitative estimate of drug-likeness (QED) is 0.376. The number of nitro groups is 1. The average Bonchev–Trinajstić information content (AvgIpc) is 2.67. The fraction of sp³-hybridized carbons (Fsp3) is 0.353. The molecule has 0 amide bonds. The number of ether oxygens (including phenoxy) is 2. The molecule has 0 spiro atoms. The van der Waals surface area contributed by atoms with E-state index in [0.29, 0.717) is 17.1 Å². The van der Waals surface area contributed by atoms with E-state index < -0.39 is 22.6 Å². The van der Waals surface area contributed by atoms with Crippen LogP contribution >= 0.6 is 11.6 Å². The normalized spacial score (nSPS) is 11.6. The van der Waals surface area contributed by atoms with E-state index >= 15 is 0 Å². The number of halogens is 1. The summed E-state index contributed by atoms with van der Waals surface area (Å²) >= 11 is 5.83. The van der Waals surface area contributed by atoms with Gasteiger partial charge in [0.05, 0.1) is 19.1 Å². The number of carboxylic acid groups (broad SMARTS) is 1. The number of anilines is 1. The summed E-state index contributed by atoms with van der Waals surface area (Å²) in [7, 11) is 2.96. The van der Waals surface area contributed by atoms with Gasteiger partial charge in [0.1, 0.15) is 23.7 Å². The van der Waals surface area contributed by atoms with E-state index in [1.54, 1.807) is 25.1 Å². The van der Waals surface area contributed by atoms with Crippen LogP contribution in [0.1, 0.15) is 18.9 Å². The number of hydrogen-bond donors (Lipinski definition) is 1. The third kappa shape index (κ3) is 4.58. The van der Waals surface area contributed by atoms with Gasteiger partial charge in [0, 0.05) is 18.2 Å². The fourth-order valence-corrected chi connectivity index (χ4v) is 2.84. The van der Waals surface area contributed by atoms with Crippen molar-refractivity contribution in [3.8, 4) is 11.5 Å². The maximum absolute atomic E-state index is 11.8. The van der Waals surface area contributed by atoms with Crippen LogP contribution in [0.4, 0.5) is 11.5 Å². The third-order valence-electron chi connectivity index (χ3n) is 4.07. The van der Waals surface area contributed by atoms with Crippen LogP contribution in [0.2, 0.25) is 5.28 Å². The summed E-state index contributed by atoms with van der Waals surface area (Å²) in [4.78, 5) is 31.5. The Morgan fingerprint density at radius 2 is 2.11 bits per heavy atom. The van der Waals surface area contributed by atoms with Gasteiger partial charge >= 0.3 is 11.7 Å². The van der Waals surface area contributed by atoms with Crippen molar-refractivity contribution >= 4 is 29.1 Å². The molecule has 0 radical (unpaired) electrons. The molecule has 0 aliphatic heterocycles. The van der Waals surface area contributed by atoms with Crippen LogP contribution in [0, 0.1) is 10.1 Å². The van der Waals surface area contributed by atoms with Gasteiger partial charge in [0.2, 0.25) is 11.1 Å². The van der Waals surface area contributed by atoms with Crippen molar-refractivity contribution in [2.45, 2.75) is 25.9 Å². The predicted molar refractivity (Wildman–Crippen MR) is 101 cm³/mol. The molecule has 1 atom stereocenters. The zero-order chi connectivity index (χ0) is 20.8. The average molecular weight is 411 g/mol. The molecule has 0 aliphatic carbocycles. The zero-order valence-electron chi connectivity index (χ0n) is 15.5. The summed E-state index contributed by atoms with van der Waals surface area (Å²) < 4.78 is 10.5. The summed E-state index contributed by atoms with van der Waals surface area (Å²) in [5, 5.41) is 20.9. The Labute approximate surface area is 165 Å². The second-order valence-corrected chi connectivity index (χ2v) is 6.01. The molecule has 1 heterocycles. The molecule has 2 aromatic rings. The van der Waals surface area contributed by atoms with E-state index in [-0.39, 0.29) is 24.1 Å². The van der Waals surface area contributed by atoms with Gasteiger partial charge in [0.25, 0.3) is 0 Å². The second-order valence-electron chi connectivity index (χ2n) is 5.67. The summed E-state index contributed by atoms with van der Waals surface area (Å²) in [5.74, 6) is -0.350. The zero-order valence-corrected chi connectivity index (χ0v) is 16.2. The van der Waals surface area contributed by atoms with E-state index in [0.717, 1.165) is 6.20 Å². The Balaban J connectivity index is 2.61. The number of benzene rings is 1. The van der Waals surface area contributed by atoms with Crippen molar-refractivity contribution in [2.24, 2.45) is 0 Å². The standard InChI is InChI=1S/C17H19ClN4O6/c1-4-12(16(23)24)21(15-13(22(25)26)8-19-17(18)20-15)9-10-5-6-11(27-2)7-14(10)28-3/h5-8,12H,4,9H2,1-3H3,(H,23,24)/t12-/m1/s1. The van der Waals surface area contributed by atoms with Gasteiger partial charge in [-0.2, -0.15) is 4.98 Å². The number of carboxylic acids is 1. The van der Waals surface area contributed by atoms with Crippen LogP contribution < -0.4 is 14.4 Å². The van der Waals surface area contributed by atoms with E-state index in [2.05, 4.69) is 9.97 Å². The lowest BCUT2D eigenvalue weighted by molar-refractivity contribution is -0.384. The first kappa shape index (κ1) is 21.2. The fourth-order valence-electron chi connectivity index (χ4n) is 2.71. The molecule has 1 aromatic heterocycles. The minimum atomic E-state index is -1.15. The molecule has 0 unspecified atom stereocenters. The summed E-state index contributed by atoms with van der Waals surface area (Å²) in [6, 6.07) is 3.92. The Kier molecular flexibility index (Phi) is 6.94. The number of carbonyl (C=O) groups is 1. The maximum atomic E-state index is 11.8. The molecule has 1 aromatic carbocycles. The molecule has 0 bridgehead atoms. The van der Waals surface area contributed by atoms with Crippen molar-refractivity contribution in [2.75, 3.05) is 19.1 Å². The smallest absolute Gasteiger partial charge is 0.329 e. The molecule has 150 valence electrons. The monoisotopic (exact) mass is 410 g/mol. The van der Waals surface area contributed by atoms with Gasteiger partial charge in [0.15, 0.2) is 0 Å². The van der Waals surface area contributed by atoms with Crippen molar-refractivity contribution in [1.82, 2.24) is 9.97 Å². The van der Waals surface area contributed by atoms with Gasteiger partial charge in [-0.15, -0.1) is 0 Å². The van der Waals surface area contributed by atoms with Crippen LogP contribution in [0.15, 0.2) is 24.4 Å². The van der Waals surface area contributed by atoms with Gasteiger partial charge in [-0.1, -0.05) is 6.92 Å². The Bertz CT molecular complexity index is 879. The van der Waals surface area contributed by atoms with Crippen molar-refractivity contribution in [3.63, 3.8) is 0 Å². The molecule has 0 aliphatic rings. The highest BCUT2D eigenvalue weighted by Crippen LogP contribution is 2.33. The van der Waals surface area contributed by atoms with E-state index in [1.165, 1.54) is 19.1 Å². The molecule has 0 fully saturated rings. The number of hydrogen-bond acceptors (Lipinski definition) is 8. The Morgan fingerprint density at radius 3 is 2.64 bits per heavy atom. The second kappa shape index (κ2) is 9.18. The molecule has 0 saturated heterocycles. The third-order valence-corrected chi connectivity index (χ3v) is 4.25. The van der Waals surface area contributed by atoms with Gasteiger partial charge in [-0.3, -0.25) is 10.1 Å². The minimum Gasteiger partial charge on any atom is -0.497 e. The highest BCUT2D eigenvalue weighted by molar-refractivity contribution is 6.28. The first-order valence-corrected chi connectivity index (χ1v) is 8.57. The minimum absolute atomic E-state index is 0.0217. The molecule has 1 N–H and O–H groups in total. The van der Waals surface area contributed by atoms with Crippen LogP contribution in [-0.2, 0) is 11.3 Å². The molecule has 2 rings (SSSR count). The van der Waals surface area contributed by atoms with E-state index in [9.17, 15) is 20.0 Å². The van der Waals surface area contributed by atoms with Gasteiger partial charge in [-0.25, -0.2) is 9.78 Å². The predicted octanol–water partition coefficient (Wildman–Crippen LogP) is 2.93. The van der Waals surface area contributed by atoms with Crippen LogP contribution in [0.3, 0.4) is 0 Å². The van der Waals surface area contributed by atoms with Crippen molar-refractivity contribution in [1.29, 1.82) is 0 Å². The number of rotatable bonds is 9. The first-order chi connectivity index (χ1) is 13.3. The Hall–Kier alpha value is -3.14. The lowest BCUT2D eigenvalue weighted by Crippen LogP contribution is -2.41. The molecular formula is C17H19ClN4O6. The molecule has 0 saturated carbocycles. The molecule has 10 nitrogen and oxygen atoms in total. The number of aliphatic carboxylic acids is 1. The largest absolute Gasteiger partial charge is 0.497 e. The van der Waals surface area contributed by atoms with Crippen molar-refractivity contribution < 1.29 is 24.3 Å². The lowest BCUT2D eigenvalue weighted by Gasteiger charge is -2.29. The van der Waals surface area contributed by atoms with E-state index in [1.807, 2.05) is 0 Å². The number of nitrogens with zero attached hydrogens (tertiary/aromatic N) is 4. The lowest BCUT2D eigenvalue weighted by atomic mass is 10.1. The summed E-state index contributed by atoms with van der Waals surface area (Å²) in [5.41, 5.74) is 0.142. The molecule has 28 heavy (non-hydrogen) atoms. The van der Waals surface area contributed by atoms with Crippen LogP contribution in [0.5, 0.6) is 11.5 Å². The Morgan fingerprint density at radius 1 is 1.39 bits per heavy atom. The topological polar surface area (TPSA) is 128 Å². The highest BCUT2D eigenvalue weighted by atomic mass is 35.5. The van der Waals surface area contributed by atoms with Crippen molar-refractivity contribution in [3.05, 3.63) is 45.4 Å². The van der Waals surface area contributed by atoms with Gasteiger partial charge < -0.3 is 19.5 Å². The maximum Gasteiger partial charge on any atom is 0.329 e. The summed E-state index contributed by atoms with van der Waals surface area (Å²) in [6.45, 7) is 1.64. The highest BCUT2D eigenvalue weighted by Gasteiger charge is 2.32. The van der Waals surface area contributed by atoms with Crippen LogP contribution in [0.25, 0.3) is 0 Å². The first-order valence-electron chi connectivity index (χ1n) is 8.19. The number of methoxy groups -OCH3 is 2. The number of aromatic nitrogens is 2. The van der Waals surface area contributed by atoms with Crippen LogP contribution in [-0.4, -0.2) is 46.2 Å². The van der Waals surface area contributed by atoms with E-state index in [4.69, 9.17) is 21.1 Å². The molecular weight excluding hydrogens is 392 g/mol.